The maximum absolute atomic E-state index is 11.8. The third kappa shape index (κ3) is 3.24. The molecule has 5 nitrogen and oxygen atoms in total. The van der Waals surface area contributed by atoms with E-state index < -0.39 is 11.6 Å². The number of rotatable bonds is 4. The van der Waals surface area contributed by atoms with Crippen molar-refractivity contribution in [3.63, 3.8) is 0 Å². The van der Waals surface area contributed by atoms with E-state index >= 15 is 0 Å². The molecule has 0 aliphatic rings. The summed E-state index contributed by atoms with van der Waals surface area (Å²) in [6.07, 6.45) is 0. The topological polar surface area (TPSA) is 64.3 Å². The number of carbonyl (C=O) groups is 1. The number of benzene rings is 1. The summed E-state index contributed by atoms with van der Waals surface area (Å²) in [4.78, 5) is 11.8. The van der Waals surface area contributed by atoms with E-state index in [2.05, 4.69) is 5.10 Å². The molecule has 0 aliphatic carbocycles. The molecular formula is C15H18N2O3. The van der Waals surface area contributed by atoms with Gasteiger partial charge in [-0.25, -0.2) is 4.79 Å². The van der Waals surface area contributed by atoms with Crippen LogP contribution in [0.15, 0.2) is 36.4 Å². The lowest BCUT2D eigenvalue weighted by atomic mass is 10.1. The molecule has 1 aromatic carbocycles. The number of hydrogen-bond donors (Lipinski definition) is 1. The van der Waals surface area contributed by atoms with Crippen molar-refractivity contribution < 1.29 is 14.6 Å². The average Bonchev–Trinajstić information content (AvgIpc) is 2.80. The second kappa shape index (κ2) is 5.46. The van der Waals surface area contributed by atoms with Crippen LogP contribution in [0.4, 0.5) is 0 Å². The van der Waals surface area contributed by atoms with E-state index in [0.29, 0.717) is 11.4 Å². The van der Waals surface area contributed by atoms with Gasteiger partial charge in [0.25, 0.3) is 0 Å². The minimum Gasteiger partial charge on any atom is -0.464 e. The summed E-state index contributed by atoms with van der Waals surface area (Å²) in [5.74, 6) is -0.469. The van der Waals surface area contributed by atoms with Crippen molar-refractivity contribution >= 4 is 5.97 Å². The predicted molar refractivity (Wildman–Crippen MR) is 75.3 cm³/mol. The van der Waals surface area contributed by atoms with E-state index in [0.717, 1.165) is 5.56 Å². The fourth-order valence-corrected chi connectivity index (χ4v) is 1.92. The smallest absolute Gasteiger partial charge is 0.356 e. The zero-order valence-electron chi connectivity index (χ0n) is 11.8. The van der Waals surface area contributed by atoms with Crippen molar-refractivity contribution in [3.05, 3.63) is 42.1 Å². The van der Waals surface area contributed by atoms with Crippen LogP contribution < -0.4 is 0 Å². The van der Waals surface area contributed by atoms with Crippen molar-refractivity contribution in [1.29, 1.82) is 0 Å². The Labute approximate surface area is 117 Å². The summed E-state index contributed by atoms with van der Waals surface area (Å²) in [6, 6.07) is 11.2. The molecule has 1 N–H and O–H groups in total. The molecule has 0 saturated carbocycles. The Bertz CT molecular complexity index is 597. The van der Waals surface area contributed by atoms with Gasteiger partial charge in [0, 0.05) is 5.56 Å². The quantitative estimate of drug-likeness (QED) is 0.867. The number of methoxy groups -OCH3 is 1. The van der Waals surface area contributed by atoms with Crippen molar-refractivity contribution in [3.8, 4) is 11.3 Å². The maximum Gasteiger partial charge on any atom is 0.356 e. The lowest BCUT2D eigenvalue weighted by Crippen LogP contribution is -2.28. The first-order chi connectivity index (χ1) is 9.40. The molecule has 1 heterocycles. The van der Waals surface area contributed by atoms with Gasteiger partial charge in [0.1, 0.15) is 5.69 Å². The summed E-state index contributed by atoms with van der Waals surface area (Å²) < 4.78 is 6.24. The lowest BCUT2D eigenvalue weighted by molar-refractivity contribution is 0.0496. The van der Waals surface area contributed by atoms with E-state index in [1.165, 1.54) is 11.8 Å². The Morgan fingerprint density at radius 2 is 2.00 bits per heavy atom. The van der Waals surface area contributed by atoms with Gasteiger partial charge >= 0.3 is 5.97 Å². The zero-order chi connectivity index (χ0) is 14.8. The van der Waals surface area contributed by atoms with Gasteiger partial charge in [-0.1, -0.05) is 30.3 Å². The fourth-order valence-electron chi connectivity index (χ4n) is 1.92. The molecule has 2 aromatic rings. The Hall–Kier alpha value is -2.14. The molecule has 1 aromatic heterocycles. The van der Waals surface area contributed by atoms with Gasteiger partial charge in [-0.05, 0) is 19.9 Å². The molecule has 0 atom stereocenters. The van der Waals surface area contributed by atoms with Gasteiger partial charge < -0.3 is 9.84 Å². The molecule has 2 rings (SSSR count). The number of hydrogen-bond acceptors (Lipinski definition) is 4. The van der Waals surface area contributed by atoms with Crippen LogP contribution in [0.25, 0.3) is 11.3 Å². The normalized spacial score (nSPS) is 11.4. The van der Waals surface area contributed by atoms with Gasteiger partial charge in [0.2, 0.25) is 0 Å². The number of aromatic nitrogens is 2. The molecular weight excluding hydrogens is 256 g/mol. The summed E-state index contributed by atoms with van der Waals surface area (Å²) in [5.41, 5.74) is 0.943. The first kappa shape index (κ1) is 14.3. The van der Waals surface area contributed by atoms with Crippen molar-refractivity contribution in [2.75, 3.05) is 7.11 Å². The molecule has 0 amide bonds. The van der Waals surface area contributed by atoms with Crippen molar-refractivity contribution in [1.82, 2.24) is 9.78 Å². The van der Waals surface area contributed by atoms with E-state index in [4.69, 9.17) is 4.74 Å². The van der Waals surface area contributed by atoms with E-state index in [9.17, 15) is 9.90 Å². The van der Waals surface area contributed by atoms with Crippen LogP contribution in [-0.2, 0) is 11.3 Å². The summed E-state index contributed by atoms with van der Waals surface area (Å²) in [5, 5.41) is 14.3. The number of aliphatic hydroxyl groups is 1. The van der Waals surface area contributed by atoms with Crippen LogP contribution in [0.1, 0.15) is 24.3 Å². The number of nitrogens with zero attached hydrogens (tertiary/aromatic N) is 2. The second-order valence-electron chi connectivity index (χ2n) is 5.24. The van der Waals surface area contributed by atoms with Gasteiger partial charge in [0.05, 0.1) is 24.9 Å². The molecule has 0 spiro atoms. The highest BCUT2D eigenvalue weighted by Crippen LogP contribution is 2.20. The highest BCUT2D eigenvalue weighted by Gasteiger charge is 2.22. The van der Waals surface area contributed by atoms with E-state index in [-0.39, 0.29) is 6.54 Å². The van der Waals surface area contributed by atoms with Crippen LogP contribution in [-0.4, -0.2) is 33.6 Å². The molecule has 0 fully saturated rings. The Morgan fingerprint density at radius 3 is 2.55 bits per heavy atom. The van der Waals surface area contributed by atoms with Crippen LogP contribution >= 0.6 is 0 Å². The standard InChI is InChI=1S/C15H18N2O3/c1-15(2,19)10-17-13(14(18)20-3)9-12(16-17)11-7-5-4-6-8-11/h4-9,19H,10H2,1-3H3. The third-order valence-electron chi connectivity index (χ3n) is 2.78. The predicted octanol–water partition coefficient (Wildman–Crippen LogP) is 2.11. The molecule has 0 radical (unpaired) electrons. The van der Waals surface area contributed by atoms with Crippen LogP contribution in [0, 0.1) is 0 Å². The largest absolute Gasteiger partial charge is 0.464 e. The van der Waals surface area contributed by atoms with Crippen molar-refractivity contribution in [2.24, 2.45) is 0 Å². The Balaban J connectivity index is 2.44. The first-order valence-corrected chi connectivity index (χ1v) is 6.35. The summed E-state index contributed by atoms with van der Waals surface area (Å²) >= 11 is 0. The van der Waals surface area contributed by atoms with Crippen LogP contribution in [0.3, 0.4) is 0 Å². The lowest BCUT2D eigenvalue weighted by Gasteiger charge is -2.18. The number of ether oxygens (including phenoxy) is 1. The van der Waals surface area contributed by atoms with Gasteiger partial charge in [0.15, 0.2) is 0 Å². The van der Waals surface area contributed by atoms with Gasteiger partial charge in [-0.3, -0.25) is 4.68 Å². The molecule has 0 saturated heterocycles. The second-order valence-corrected chi connectivity index (χ2v) is 5.24. The molecule has 5 heteroatoms. The van der Waals surface area contributed by atoms with Gasteiger partial charge in [-0.2, -0.15) is 5.10 Å². The molecule has 20 heavy (non-hydrogen) atoms. The highest BCUT2D eigenvalue weighted by molar-refractivity contribution is 5.89. The Kier molecular flexibility index (Phi) is 3.90. The molecule has 0 bridgehead atoms. The fraction of sp³-hybridized carbons (Fsp3) is 0.333. The SMILES string of the molecule is COC(=O)c1cc(-c2ccccc2)nn1CC(C)(C)O. The Morgan fingerprint density at radius 1 is 1.35 bits per heavy atom. The zero-order valence-corrected chi connectivity index (χ0v) is 11.8. The molecule has 0 aliphatic heterocycles. The van der Waals surface area contributed by atoms with Crippen LogP contribution in [0.5, 0.6) is 0 Å². The minimum atomic E-state index is -0.969. The third-order valence-corrected chi connectivity index (χ3v) is 2.78. The molecule has 106 valence electrons. The average molecular weight is 274 g/mol. The molecule has 0 unspecified atom stereocenters. The first-order valence-electron chi connectivity index (χ1n) is 6.35. The van der Waals surface area contributed by atoms with E-state index in [1.807, 2.05) is 30.3 Å². The number of carbonyl (C=O) groups excluding carboxylic acids is 1. The van der Waals surface area contributed by atoms with E-state index in [1.54, 1.807) is 19.9 Å². The maximum atomic E-state index is 11.8. The van der Waals surface area contributed by atoms with Crippen molar-refractivity contribution in [2.45, 2.75) is 26.0 Å². The van der Waals surface area contributed by atoms with Gasteiger partial charge in [-0.15, -0.1) is 0 Å². The highest BCUT2D eigenvalue weighted by atomic mass is 16.5. The number of esters is 1. The summed E-state index contributed by atoms with van der Waals surface area (Å²) in [7, 11) is 1.33. The minimum absolute atomic E-state index is 0.213. The van der Waals surface area contributed by atoms with Crippen LogP contribution in [0.2, 0.25) is 0 Å². The monoisotopic (exact) mass is 274 g/mol. The summed E-state index contributed by atoms with van der Waals surface area (Å²) in [6.45, 7) is 3.54.